The summed E-state index contributed by atoms with van der Waals surface area (Å²) in [6, 6.07) is 5.36. The van der Waals surface area contributed by atoms with Gasteiger partial charge in [-0.1, -0.05) is 0 Å². The SMILES string of the molecule is COc1ccc(N)c(CNC(C)=O)c1. The van der Waals surface area contributed by atoms with Crippen LogP contribution in [0.4, 0.5) is 5.69 Å². The van der Waals surface area contributed by atoms with E-state index >= 15 is 0 Å². The Morgan fingerprint density at radius 2 is 2.29 bits per heavy atom. The van der Waals surface area contributed by atoms with Crippen LogP contribution in [0.2, 0.25) is 0 Å². The Morgan fingerprint density at radius 1 is 1.57 bits per heavy atom. The minimum absolute atomic E-state index is 0.0766. The summed E-state index contributed by atoms with van der Waals surface area (Å²) in [5.74, 6) is 0.659. The van der Waals surface area contributed by atoms with Crippen molar-refractivity contribution in [1.29, 1.82) is 0 Å². The van der Waals surface area contributed by atoms with E-state index in [2.05, 4.69) is 5.32 Å². The number of ether oxygens (including phenoxy) is 1. The van der Waals surface area contributed by atoms with Crippen molar-refractivity contribution in [3.63, 3.8) is 0 Å². The maximum absolute atomic E-state index is 10.7. The van der Waals surface area contributed by atoms with E-state index in [9.17, 15) is 4.79 Å². The molecule has 4 heteroatoms. The van der Waals surface area contributed by atoms with Crippen molar-refractivity contribution in [2.24, 2.45) is 0 Å². The molecule has 0 unspecified atom stereocenters. The van der Waals surface area contributed by atoms with Crippen molar-refractivity contribution >= 4 is 11.6 Å². The molecule has 4 nitrogen and oxygen atoms in total. The van der Waals surface area contributed by atoms with E-state index in [4.69, 9.17) is 10.5 Å². The van der Waals surface area contributed by atoms with Crippen molar-refractivity contribution in [3.05, 3.63) is 23.8 Å². The van der Waals surface area contributed by atoms with Gasteiger partial charge >= 0.3 is 0 Å². The highest BCUT2D eigenvalue weighted by Gasteiger charge is 2.01. The molecule has 0 fully saturated rings. The average Bonchev–Trinajstić information content (AvgIpc) is 2.16. The number of hydrogen-bond donors (Lipinski definition) is 2. The zero-order chi connectivity index (χ0) is 10.6. The fourth-order valence-electron chi connectivity index (χ4n) is 1.08. The van der Waals surface area contributed by atoms with Crippen molar-refractivity contribution in [2.75, 3.05) is 12.8 Å². The molecule has 1 aromatic rings. The normalized spacial score (nSPS) is 9.57. The standard InChI is InChI=1S/C10H14N2O2/c1-7(13)12-6-8-5-9(14-2)3-4-10(8)11/h3-5H,6,11H2,1-2H3,(H,12,13). The summed E-state index contributed by atoms with van der Waals surface area (Å²) in [5, 5.41) is 2.68. The quantitative estimate of drug-likeness (QED) is 0.703. The first-order chi connectivity index (χ1) is 6.63. The molecule has 1 rings (SSSR count). The van der Waals surface area contributed by atoms with Crippen LogP contribution in [-0.2, 0) is 11.3 Å². The van der Waals surface area contributed by atoms with Gasteiger partial charge in [-0.3, -0.25) is 4.79 Å². The van der Waals surface area contributed by atoms with Crippen LogP contribution in [0.3, 0.4) is 0 Å². The number of carbonyl (C=O) groups is 1. The lowest BCUT2D eigenvalue weighted by Gasteiger charge is -2.08. The minimum Gasteiger partial charge on any atom is -0.497 e. The molecule has 14 heavy (non-hydrogen) atoms. The van der Waals surface area contributed by atoms with Gasteiger partial charge in [-0.25, -0.2) is 0 Å². The Labute approximate surface area is 83.1 Å². The lowest BCUT2D eigenvalue weighted by Crippen LogP contribution is -2.19. The second-order valence-corrected chi connectivity index (χ2v) is 2.97. The fourth-order valence-corrected chi connectivity index (χ4v) is 1.08. The molecule has 0 radical (unpaired) electrons. The lowest BCUT2D eigenvalue weighted by molar-refractivity contribution is -0.119. The third-order valence-corrected chi connectivity index (χ3v) is 1.88. The number of nitrogens with one attached hydrogen (secondary N) is 1. The summed E-state index contributed by atoms with van der Waals surface area (Å²) in [6.07, 6.45) is 0. The van der Waals surface area contributed by atoms with Crippen molar-refractivity contribution in [2.45, 2.75) is 13.5 Å². The molecule has 1 amide bonds. The lowest BCUT2D eigenvalue weighted by atomic mass is 10.1. The topological polar surface area (TPSA) is 64.3 Å². The van der Waals surface area contributed by atoms with Gasteiger partial charge in [0.05, 0.1) is 7.11 Å². The van der Waals surface area contributed by atoms with Crippen LogP contribution in [0, 0.1) is 0 Å². The summed E-state index contributed by atoms with van der Waals surface area (Å²) in [4.78, 5) is 10.7. The smallest absolute Gasteiger partial charge is 0.217 e. The van der Waals surface area contributed by atoms with E-state index in [1.165, 1.54) is 6.92 Å². The molecule has 0 saturated carbocycles. The van der Waals surface area contributed by atoms with Crippen LogP contribution in [0.1, 0.15) is 12.5 Å². The first-order valence-corrected chi connectivity index (χ1v) is 4.30. The average molecular weight is 194 g/mol. The van der Waals surface area contributed by atoms with E-state index < -0.39 is 0 Å². The number of methoxy groups -OCH3 is 1. The largest absolute Gasteiger partial charge is 0.497 e. The summed E-state index contributed by atoms with van der Waals surface area (Å²) >= 11 is 0. The van der Waals surface area contributed by atoms with E-state index in [-0.39, 0.29) is 5.91 Å². The van der Waals surface area contributed by atoms with E-state index in [1.807, 2.05) is 6.07 Å². The van der Waals surface area contributed by atoms with Gasteiger partial charge in [0, 0.05) is 19.2 Å². The molecule has 0 aliphatic carbocycles. The van der Waals surface area contributed by atoms with Gasteiger partial charge in [0.2, 0.25) is 5.91 Å². The first-order valence-electron chi connectivity index (χ1n) is 4.30. The van der Waals surface area contributed by atoms with Crippen LogP contribution in [0.5, 0.6) is 5.75 Å². The Bertz CT molecular complexity index is 337. The molecule has 0 heterocycles. The molecule has 0 spiro atoms. The predicted octanol–water partition coefficient (Wildman–Crippen LogP) is 0.913. The first kappa shape index (κ1) is 10.4. The zero-order valence-corrected chi connectivity index (χ0v) is 8.33. The van der Waals surface area contributed by atoms with Crippen molar-refractivity contribution in [1.82, 2.24) is 5.32 Å². The predicted molar refractivity (Wildman–Crippen MR) is 54.9 cm³/mol. The number of anilines is 1. The van der Waals surface area contributed by atoms with Gasteiger partial charge in [0.25, 0.3) is 0 Å². The molecule has 3 N–H and O–H groups in total. The van der Waals surface area contributed by atoms with Gasteiger partial charge in [-0.15, -0.1) is 0 Å². The molecule has 0 aliphatic heterocycles. The van der Waals surface area contributed by atoms with Crippen LogP contribution in [0.15, 0.2) is 18.2 Å². The fraction of sp³-hybridized carbons (Fsp3) is 0.300. The number of nitrogens with two attached hydrogens (primary N) is 1. The summed E-state index contributed by atoms with van der Waals surface area (Å²) in [7, 11) is 1.59. The van der Waals surface area contributed by atoms with Crippen molar-refractivity contribution < 1.29 is 9.53 Å². The van der Waals surface area contributed by atoms with Crippen LogP contribution in [0.25, 0.3) is 0 Å². The van der Waals surface area contributed by atoms with Crippen molar-refractivity contribution in [3.8, 4) is 5.75 Å². The molecule has 0 aromatic heterocycles. The van der Waals surface area contributed by atoms with E-state index in [1.54, 1.807) is 19.2 Å². The number of amides is 1. The maximum atomic E-state index is 10.7. The highest BCUT2D eigenvalue weighted by Crippen LogP contribution is 2.18. The summed E-state index contributed by atoms with van der Waals surface area (Å²) < 4.78 is 5.05. The third-order valence-electron chi connectivity index (χ3n) is 1.88. The second-order valence-electron chi connectivity index (χ2n) is 2.97. The molecule has 0 atom stereocenters. The maximum Gasteiger partial charge on any atom is 0.217 e. The van der Waals surface area contributed by atoms with Gasteiger partial charge in [-0.2, -0.15) is 0 Å². The van der Waals surface area contributed by atoms with E-state index in [0.29, 0.717) is 12.2 Å². The third kappa shape index (κ3) is 2.65. The summed E-state index contributed by atoms with van der Waals surface area (Å²) in [5.41, 5.74) is 7.24. The Hall–Kier alpha value is -1.71. The Morgan fingerprint density at radius 3 is 2.86 bits per heavy atom. The number of benzene rings is 1. The molecule has 0 saturated heterocycles. The van der Waals surface area contributed by atoms with Gasteiger partial charge < -0.3 is 15.8 Å². The van der Waals surface area contributed by atoms with Crippen LogP contribution >= 0.6 is 0 Å². The molecule has 76 valence electrons. The molecular formula is C10H14N2O2. The Kier molecular flexibility index (Phi) is 3.34. The van der Waals surface area contributed by atoms with Gasteiger partial charge in [-0.05, 0) is 23.8 Å². The molecule has 0 aliphatic rings. The van der Waals surface area contributed by atoms with Gasteiger partial charge in [0.15, 0.2) is 0 Å². The Balaban J connectivity index is 2.78. The molecule has 0 bridgehead atoms. The highest BCUT2D eigenvalue weighted by molar-refractivity contribution is 5.73. The number of nitrogen functional groups attached to an aromatic ring is 1. The number of hydrogen-bond acceptors (Lipinski definition) is 3. The van der Waals surface area contributed by atoms with Crippen LogP contribution < -0.4 is 15.8 Å². The molecular weight excluding hydrogens is 180 g/mol. The second kappa shape index (κ2) is 4.50. The number of rotatable bonds is 3. The summed E-state index contributed by atoms with van der Waals surface area (Å²) in [6.45, 7) is 1.90. The minimum atomic E-state index is -0.0766. The zero-order valence-electron chi connectivity index (χ0n) is 8.33. The monoisotopic (exact) mass is 194 g/mol. The van der Waals surface area contributed by atoms with E-state index in [0.717, 1.165) is 11.3 Å². The molecule has 1 aromatic carbocycles. The number of carbonyl (C=O) groups excluding carboxylic acids is 1. The van der Waals surface area contributed by atoms with Crippen LogP contribution in [-0.4, -0.2) is 13.0 Å². The highest BCUT2D eigenvalue weighted by atomic mass is 16.5. The van der Waals surface area contributed by atoms with Gasteiger partial charge in [0.1, 0.15) is 5.75 Å².